The Morgan fingerprint density at radius 3 is 1.00 bits per heavy atom. The molecule has 0 N–H and O–H groups in total. The minimum absolute atomic E-state index is 0. The van der Waals surface area contributed by atoms with Crippen molar-refractivity contribution in [1.29, 1.82) is 0 Å². The van der Waals surface area contributed by atoms with Gasteiger partial charge in [0.15, 0.2) is 0 Å². The van der Waals surface area contributed by atoms with E-state index in [1.165, 1.54) is 0 Å². The Morgan fingerprint density at radius 1 is 0.833 bits per heavy atom. The van der Waals surface area contributed by atoms with Gasteiger partial charge in [-0.05, 0) is 0 Å². The van der Waals surface area contributed by atoms with E-state index >= 15 is 0 Å². The fraction of sp³-hybridized carbons (Fsp3) is 1.00. The van der Waals surface area contributed by atoms with Gasteiger partial charge in [0.25, 0.3) is 0 Å². The second kappa shape index (κ2) is 10.2. The molecule has 0 aliphatic heterocycles. The third kappa shape index (κ3) is 15.2. The second-order valence-electron chi connectivity index (χ2n) is 1.76. The van der Waals surface area contributed by atoms with Crippen molar-refractivity contribution in [3.8, 4) is 0 Å². The van der Waals surface area contributed by atoms with Crippen molar-refractivity contribution in [2.75, 3.05) is 12.3 Å². The van der Waals surface area contributed by atoms with Crippen LogP contribution in [0.5, 0.6) is 0 Å². The Kier molecular flexibility index (Phi) is 25.0. The van der Waals surface area contributed by atoms with Crippen molar-refractivity contribution in [3.63, 3.8) is 0 Å². The van der Waals surface area contributed by atoms with Gasteiger partial charge in [0.05, 0.1) is 0 Å². The van der Waals surface area contributed by atoms with Crippen LogP contribution in [0.3, 0.4) is 0 Å². The minimum atomic E-state index is -2.68. The fourth-order valence-corrected chi connectivity index (χ4v) is 0.671. The molecule has 0 nitrogen and oxygen atoms in total. The van der Waals surface area contributed by atoms with Gasteiger partial charge in [0, 0.05) is 0 Å². The van der Waals surface area contributed by atoms with Crippen LogP contribution in [-0.2, 0) is 0 Å². The molecule has 0 bridgehead atoms. The monoisotopic (exact) mass is 326 g/mol. The molecule has 0 unspecified atom stereocenters. The normalized spacial score (nSPS) is 11.6. The number of hydrogen-bond acceptors (Lipinski definition) is 0. The molecule has 0 aromatic heterocycles. The van der Waals surface area contributed by atoms with E-state index in [0.717, 1.165) is 0 Å². The summed E-state index contributed by atoms with van der Waals surface area (Å²) in [6.45, 7) is 3.82. The predicted octanol–water partition coefficient (Wildman–Crippen LogP) is -5.33. The maximum Gasteiger partial charge on any atom is 3.00 e. The molecule has 0 heterocycles. The quantitative estimate of drug-likeness (QED) is 0.351. The number of halogens is 6. The van der Waals surface area contributed by atoms with Crippen molar-refractivity contribution >= 4 is 55.7 Å². The first-order valence-corrected chi connectivity index (χ1v) is 7.88. The van der Waals surface area contributed by atoms with Crippen LogP contribution in [0.15, 0.2) is 0 Å². The summed E-state index contributed by atoms with van der Waals surface area (Å²) in [5.41, 5.74) is 0. The summed E-state index contributed by atoms with van der Waals surface area (Å²) in [6, 6.07) is 0. The number of rotatable bonds is 2. The summed E-state index contributed by atoms with van der Waals surface area (Å²) < 4.78 is -2.68. The molecular formula is C4H10AlCl6P. The maximum atomic E-state index is 5.82. The van der Waals surface area contributed by atoms with Crippen LogP contribution >= 0.6 is 38.4 Å². The van der Waals surface area contributed by atoms with Crippen LogP contribution in [0.1, 0.15) is 13.8 Å². The van der Waals surface area contributed by atoms with Crippen molar-refractivity contribution in [1.82, 2.24) is 0 Å². The topological polar surface area (TPSA) is 0 Å². The van der Waals surface area contributed by atoms with Crippen LogP contribution in [0.2, 0.25) is 0 Å². The first-order valence-electron chi connectivity index (χ1n) is 2.55. The van der Waals surface area contributed by atoms with Gasteiger partial charge in [0.2, 0.25) is 0 Å². The van der Waals surface area contributed by atoms with Crippen LogP contribution < -0.4 is 37.2 Å². The van der Waals surface area contributed by atoms with Gasteiger partial charge in [-0.2, -0.15) is 0 Å². The van der Waals surface area contributed by atoms with E-state index in [9.17, 15) is 0 Å². The molecule has 76 valence electrons. The zero-order chi connectivity index (χ0) is 6.86. The average molecular weight is 329 g/mol. The van der Waals surface area contributed by atoms with Crippen LogP contribution in [0, 0.1) is 0 Å². The van der Waals surface area contributed by atoms with Gasteiger partial charge in [0.1, 0.15) is 0 Å². The Labute approximate surface area is 118 Å². The van der Waals surface area contributed by atoms with E-state index in [1.807, 2.05) is 13.8 Å². The van der Waals surface area contributed by atoms with Gasteiger partial charge in [-0.1, -0.05) is 0 Å². The SMILES string of the molecule is CCP(Cl)(Cl)(Cl)CC.[Al+3].[Cl-].[Cl-].[Cl-]. The van der Waals surface area contributed by atoms with Crippen LogP contribution in [-0.4, -0.2) is 29.7 Å². The molecule has 0 rings (SSSR count). The molecule has 0 saturated carbocycles. The van der Waals surface area contributed by atoms with E-state index in [2.05, 4.69) is 0 Å². The van der Waals surface area contributed by atoms with Crippen LogP contribution in [0.4, 0.5) is 0 Å². The zero-order valence-corrected chi connectivity index (χ0v) is 13.3. The molecule has 8 heteroatoms. The zero-order valence-electron chi connectivity index (χ0n) is 6.71. The fourth-order valence-electron chi connectivity index (χ4n) is 0.224. The van der Waals surface area contributed by atoms with Gasteiger partial charge in [-0.3, -0.25) is 0 Å². The van der Waals surface area contributed by atoms with Crippen molar-refractivity contribution in [2.24, 2.45) is 0 Å². The smallest absolute Gasteiger partial charge is 1.00 e. The first kappa shape index (κ1) is 29.3. The van der Waals surface area contributed by atoms with E-state index in [1.54, 1.807) is 0 Å². The van der Waals surface area contributed by atoms with Gasteiger partial charge >= 0.3 is 81.9 Å². The molecule has 0 aliphatic rings. The molecule has 0 atom stereocenters. The molecule has 0 fully saturated rings. The molecule has 0 aromatic carbocycles. The molecule has 0 amide bonds. The third-order valence-electron chi connectivity index (χ3n) is 1.16. The summed E-state index contributed by atoms with van der Waals surface area (Å²) in [7, 11) is 0. The molecule has 0 aromatic rings. The van der Waals surface area contributed by atoms with Crippen molar-refractivity contribution in [3.05, 3.63) is 0 Å². The van der Waals surface area contributed by atoms with Crippen molar-refractivity contribution < 1.29 is 37.2 Å². The van der Waals surface area contributed by atoms with E-state index in [0.29, 0.717) is 12.3 Å². The molecular weight excluding hydrogens is 319 g/mol. The summed E-state index contributed by atoms with van der Waals surface area (Å²) in [4.78, 5) is 0. The van der Waals surface area contributed by atoms with Crippen LogP contribution in [0.25, 0.3) is 0 Å². The summed E-state index contributed by atoms with van der Waals surface area (Å²) in [6.07, 6.45) is 1.37. The third-order valence-corrected chi connectivity index (χ3v) is 7.80. The first-order chi connectivity index (χ1) is 3.39. The van der Waals surface area contributed by atoms with Gasteiger partial charge < -0.3 is 37.2 Å². The Hall–Kier alpha value is 2.70. The van der Waals surface area contributed by atoms with E-state index < -0.39 is 4.66 Å². The maximum absolute atomic E-state index is 5.82. The summed E-state index contributed by atoms with van der Waals surface area (Å²) in [5.74, 6) is 0. The predicted molar refractivity (Wildman–Crippen MR) is 51.3 cm³/mol. The van der Waals surface area contributed by atoms with Gasteiger partial charge in [-0.15, -0.1) is 0 Å². The summed E-state index contributed by atoms with van der Waals surface area (Å²) >= 11 is 17.5. The standard InChI is InChI=1S/C4H10Cl3P.Al.3ClH/c1-3-8(5,6,7)4-2;;;;/h3-4H2,1-2H3;;3*1H/q;+3;;;/p-3. The largest absolute Gasteiger partial charge is 3.00 e. The molecule has 12 heavy (non-hydrogen) atoms. The Bertz CT molecular complexity index is 83.3. The number of hydrogen-bond donors (Lipinski definition) is 0. The Morgan fingerprint density at radius 2 is 1.00 bits per heavy atom. The van der Waals surface area contributed by atoms with E-state index in [-0.39, 0.29) is 54.6 Å². The second-order valence-corrected chi connectivity index (χ2v) is 14.2. The minimum Gasteiger partial charge on any atom is -1.00 e. The van der Waals surface area contributed by atoms with Gasteiger partial charge in [-0.25, -0.2) is 0 Å². The molecule has 0 aliphatic carbocycles. The summed E-state index contributed by atoms with van der Waals surface area (Å²) in [5, 5.41) is 0. The molecule has 0 radical (unpaired) electrons. The van der Waals surface area contributed by atoms with E-state index in [4.69, 9.17) is 33.7 Å². The average Bonchev–Trinajstić information content (AvgIpc) is 1.68. The Balaban J connectivity index is -0.0000000408. The van der Waals surface area contributed by atoms with Crippen molar-refractivity contribution in [2.45, 2.75) is 13.8 Å². The molecule has 0 saturated heterocycles. The molecule has 0 spiro atoms.